The molecule has 3 nitrogen and oxygen atoms in total. The average molecular weight is 330 g/mol. The lowest BCUT2D eigenvalue weighted by atomic mass is 9.93. The van der Waals surface area contributed by atoms with Crippen LogP contribution in [0.3, 0.4) is 0 Å². The first-order chi connectivity index (χ1) is 10.1. The average Bonchev–Trinajstić information content (AvgIpc) is 2.48. The van der Waals surface area contributed by atoms with E-state index in [-0.39, 0.29) is 5.91 Å². The lowest BCUT2D eigenvalue weighted by molar-refractivity contribution is 0.0648. The van der Waals surface area contributed by atoms with Crippen molar-refractivity contribution in [1.82, 2.24) is 4.90 Å². The van der Waals surface area contributed by atoms with Crippen LogP contribution in [0.1, 0.15) is 49.4 Å². The Morgan fingerprint density at radius 2 is 1.81 bits per heavy atom. The highest BCUT2D eigenvalue weighted by Gasteiger charge is 2.26. The largest absolute Gasteiger partial charge is 0.494 e. The van der Waals surface area contributed by atoms with E-state index in [1.54, 1.807) is 12.1 Å². The first kappa shape index (κ1) is 16.4. The van der Waals surface area contributed by atoms with Crippen LogP contribution in [-0.4, -0.2) is 30.5 Å². The van der Waals surface area contributed by atoms with E-state index in [9.17, 15) is 4.79 Å². The molecule has 1 amide bonds. The van der Waals surface area contributed by atoms with E-state index < -0.39 is 0 Å². The molecule has 1 aromatic carbocycles. The van der Waals surface area contributed by atoms with Gasteiger partial charge in [-0.2, -0.15) is 0 Å². The van der Waals surface area contributed by atoms with Crippen molar-refractivity contribution in [2.75, 3.05) is 13.7 Å². The molecular weight excluding hydrogens is 309 g/mol. The highest BCUT2D eigenvalue weighted by Crippen LogP contribution is 2.34. The number of methoxy groups -OCH3 is 1. The number of hydrogen-bond donors (Lipinski definition) is 0. The second kappa shape index (κ2) is 7.37. The fourth-order valence-electron chi connectivity index (χ4n) is 3.00. The molecule has 2 rings (SSSR count). The second-order valence-corrected chi connectivity index (χ2v) is 6.17. The van der Waals surface area contributed by atoms with E-state index in [4.69, 9.17) is 27.9 Å². The first-order valence-electron chi connectivity index (χ1n) is 7.42. The maximum Gasteiger partial charge on any atom is 0.254 e. The van der Waals surface area contributed by atoms with Gasteiger partial charge in [0.1, 0.15) is 0 Å². The molecule has 1 aliphatic carbocycles. The van der Waals surface area contributed by atoms with Crippen LogP contribution in [0.4, 0.5) is 0 Å². The van der Waals surface area contributed by atoms with Crippen molar-refractivity contribution < 1.29 is 9.53 Å². The molecule has 0 radical (unpaired) electrons. The summed E-state index contributed by atoms with van der Waals surface area (Å²) in [6, 6.07) is 3.61. The summed E-state index contributed by atoms with van der Waals surface area (Å²) in [5, 5.41) is 0.737. The molecular formula is C16H21Cl2NO2. The van der Waals surface area contributed by atoms with Gasteiger partial charge in [-0.15, -0.1) is 0 Å². The van der Waals surface area contributed by atoms with E-state index in [1.807, 2.05) is 11.8 Å². The minimum absolute atomic E-state index is 0.00384. The SMILES string of the molecule is CCN(C(=O)c1cc(Cl)c(OC)c(Cl)c1)C1CCCCC1. The highest BCUT2D eigenvalue weighted by atomic mass is 35.5. The predicted octanol–water partition coefficient (Wildman–Crippen LogP) is 4.80. The van der Waals surface area contributed by atoms with Gasteiger partial charge in [0.15, 0.2) is 5.75 Å². The second-order valence-electron chi connectivity index (χ2n) is 5.36. The Labute approximate surface area is 136 Å². The summed E-state index contributed by atoms with van der Waals surface area (Å²) in [4.78, 5) is 14.7. The van der Waals surface area contributed by atoms with Gasteiger partial charge >= 0.3 is 0 Å². The number of amides is 1. The van der Waals surface area contributed by atoms with Gasteiger partial charge in [0.05, 0.1) is 17.2 Å². The number of halogens is 2. The third kappa shape index (κ3) is 3.64. The number of rotatable bonds is 4. The zero-order valence-electron chi connectivity index (χ0n) is 12.5. The lowest BCUT2D eigenvalue weighted by Gasteiger charge is -2.33. The molecule has 5 heteroatoms. The number of benzene rings is 1. The smallest absolute Gasteiger partial charge is 0.254 e. The Morgan fingerprint density at radius 3 is 2.29 bits per heavy atom. The first-order valence-corrected chi connectivity index (χ1v) is 8.18. The molecule has 0 heterocycles. The van der Waals surface area contributed by atoms with E-state index in [0.717, 1.165) is 12.8 Å². The molecule has 0 atom stereocenters. The summed E-state index contributed by atoms with van der Waals surface area (Å²) in [6.45, 7) is 2.71. The summed E-state index contributed by atoms with van der Waals surface area (Å²) in [5.74, 6) is 0.409. The van der Waals surface area contributed by atoms with Crippen LogP contribution < -0.4 is 4.74 Å². The Balaban J connectivity index is 2.25. The monoisotopic (exact) mass is 329 g/mol. The summed E-state index contributed by atoms with van der Waals surface area (Å²) in [5.41, 5.74) is 0.526. The molecule has 1 aliphatic rings. The van der Waals surface area contributed by atoms with Crippen LogP contribution in [-0.2, 0) is 0 Å². The summed E-state index contributed by atoms with van der Waals surface area (Å²) < 4.78 is 5.12. The Morgan fingerprint density at radius 1 is 1.24 bits per heavy atom. The topological polar surface area (TPSA) is 29.5 Å². The summed E-state index contributed by atoms with van der Waals surface area (Å²) in [6.07, 6.45) is 5.81. The maximum atomic E-state index is 12.7. The number of carbonyl (C=O) groups is 1. The lowest BCUT2D eigenvalue weighted by Crippen LogP contribution is -2.41. The van der Waals surface area contributed by atoms with Gasteiger partial charge in [0.25, 0.3) is 5.91 Å². The molecule has 0 aromatic heterocycles. The number of hydrogen-bond acceptors (Lipinski definition) is 2. The van der Waals surface area contributed by atoms with Gasteiger partial charge in [-0.3, -0.25) is 4.79 Å². The van der Waals surface area contributed by atoms with Gasteiger partial charge in [-0.25, -0.2) is 0 Å². The number of nitrogens with zero attached hydrogens (tertiary/aromatic N) is 1. The van der Waals surface area contributed by atoms with E-state index in [2.05, 4.69) is 0 Å². The van der Waals surface area contributed by atoms with E-state index in [1.165, 1.54) is 26.4 Å². The Bertz CT molecular complexity index is 490. The molecule has 1 fully saturated rings. The molecule has 21 heavy (non-hydrogen) atoms. The molecule has 1 aromatic rings. The van der Waals surface area contributed by atoms with Gasteiger partial charge in [-0.05, 0) is 31.9 Å². The number of ether oxygens (including phenoxy) is 1. The fourth-order valence-corrected chi connectivity index (χ4v) is 3.65. The van der Waals surface area contributed by atoms with Crippen LogP contribution >= 0.6 is 23.2 Å². The van der Waals surface area contributed by atoms with Crippen molar-refractivity contribution in [3.05, 3.63) is 27.7 Å². The van der Waals surface area contributed by atoms with Crippen molar-refractivity contribution in [2.45, 2.75) is 45.1 Å². The molecule has 1 saturated carbocycles. The van der Waals surface area contributed by atoms with Gasteiger partial charge in [0.2, 0.25) is 0 Å². The third-order valence-corrected chi connectivity index (χ3v) is 4.63. The van der Waals surface area contributed by atoms with Gasteiger partial charge < -0.3 is 9.64 Å². The van der Waals surface area contributed by atoms with E-state index in [0.29, 0.717) is 33.9 Å². The van der Waals surface area contributed by atoms with E-state index >= 15 is 0 Å². The maximum absolute atomic E-state index is 12.7. The zero-order valence-corrected chi connectivity index (χ0v) is 14.0. The predicted molar refractivity (Wildman–Crippen MR) is 86.6 cm³/mol. The Hall–Kier alpha value is -0.930. The molecule has 0 saturated heterocycles. The van der Waals surface area contributed by atoms with Crippen molar-refractivity contribution in [1.29, 1.82) is 0 Å². The third-order valence-electron chi connectivity index (χ3n) is 4.07. The summed E-state index contributed by atoms with van der Waals surface area (Å²) >= 11 is 12.3. The molecule has 116 valence electrons. The molecule has 0 spiro atoms. The Kier molecular flexibility index (Phi) is 5.77. The zero-order chi connectivity index (χ0) is 15.4. The molecule has 0 aliphatic heterocycles. The molecule has 0 unspecified atom stereocenters. The van der Waals surface area contributed by atoms with Gasteiger partial charge in [0, 0.05) is 18.2 Å². The fraction of sp³-hybridized carbons (Fsp3) is 0.562. The van der Waals surface area contributed by atoms with Crippen LogP contribution in [0.2, 0.25) is 10.0 Å². The van der Waals surface area contributed by atoms with Crippen LogP contribution in [0.25, 0.3) is 0 Å². The normalized spacial score (nSPS) is 15.8. The molecule has 0 bridgehead atoms. The van der Waals surface area contributed by atoms with Crippen molar-refractivity contribution in [3.63, 3.8) is 0 Å². The van der Waals surface area contributed by atoms with Crippen molar-refractivity contribution in [2.24, 2.45) is 0 Å². The van der Waals surface area contributed by atoms with Crippen molar-refractivity contribution >= 4 is 29.1 Å². The summed E-state index contributed by atoms with van der Waals surface area (Å²) in [7, 11) is 1.51. The van der Waals surface area contributed by atoms with Gasteiger partial charge in [-0.1, -0.05) is 42.5 Å². The highest BCUT2D eigenvalue weighted by molar-refractivity contribution is 6.37. The quantitative estimate of drug-likeness (QED) is 0.794. The van der Waals surface area contributed by atoms with Crippen molar-refractivity contribution in [3.8, 4) is 5.75 Å². The minimum Gasteiger partial charge on any atom is -0.494 e. The van der Waals surface area contributed by atoms with Crippen LogP contribution in [0.5, 0.6) is 5.75 Å². The minimum atomic E-state index is -0.00384. The standard InChI is InChI=1S/C16H21Cl2NO2/c1-3-19(12-7-5-4-6-8-12)16(20)11-9-13(17)15(21-2)14(18)10-11/h9-10,12H,3-8H2,1-2H3. The molecule has 0 N–H and O–H groups in total. The number of carbonyl (C=O) groups excluding carboxylic acids is 1. The van der Waals surface area contributed by atoms with Crippen LogP contribution in [0, 0.1) is 0 Å². The van der Waals surface area contributed by atoms with Crippen LogP contribution in [0.15, 0.2) is 12.1 Å².